The molecule has 0 aromatic rings. The Kier molecular flexibility index (Phi) is 3.06. The summed E-state index contributed by atoms with van der Waals surface area (Å²) in [5.74, 6) is -0.114. The van der Waals surface area contributed by atoms with E-state index in [2.05, 4.69) is 0 Å². The van der Waals surface area contributed by atoms with Gasteiger partial charge in [-0.2, -0.15) is 13.2 Å². The van der Waals surface area contributed by atoms with Crippen LogP contribution in [0.15, 0.2) is 0 Å². The predicted octanol–water partition coefficient (Wildman–Crippen LogP) is 1.01. The summed E-state index contributed by atoms with van der Waals surface area (Å²) in [7, 11) is -5.33. The molecule has 1 N–H and O–H groups in total. The Balaban J connectivity index is 1.69. The van der Waals surface area contributed by atoms with Gasteiger partial charge < -0.3 is 4.74 Å². The molecule has 5 atom stereocenters. The van der Waals surface area contributed by atoms with E-state index in [1.165, 1.54) is 0 Å². The van der Waals surface area contributed by atoms with E-state index in [0.29, 0.717) is 6.42 Å². The minimum Gasteiger partial charge on any atom is -0.462 e. The molecule has 0 aromatic heterocycles. The average Bonchev–Trinajstić information content (AvgIpc) is 2.83. The molecule has 1 aliphatic heterocycles. The lowest BCUT2D eigenvalue weighted by Gasteiger charge is -2.39. The molecule has 5 nitrogen and oxygen atoms in total. The molecular weight excluding hydrogens is 299 g/mol. The van der Waals surface area contributed by atoms with Crippen LogP contribution >= 0.6 is 0 Å². The van der Waals surface area contributed by atoms with Crippen LogP contribution in [0.1, 0.15) is 19.3 Å². The van der Waals surface area contributed by atoms with Crippen molar-refractivity contribution in [1.29, 1.82) is 0 Å². The highest BCUT2D eigenvalue weighted by atomic mass is 32.2. The third-order valence-electron chi connectivity index (χ3n) is 4.75. The molecule has 9 heteroatoms. The summed E-state index contributed by atoms with van der Waals surface area (Å²) in [6.45, 7) is -0.326. The number of ether oxygens (including phenoxy) is 1. The van der Waals surface area contributed by atoms with Gasteiger partial charge in [0.1, 0.15) is 6.10 Å². The molecule has 3 rings (SSSR count). The maximum atomic E-state index is 12.3. The molecule has 3 aliphatic rings. The highest BCUT2D eigenvalue weighted by Crippen LogP contribution is 2.56. The first kappa shape index (κ1) is 14.1. The van der Waals surface area contributed by atoms with Gasteiger partial charge in [0.15, 0.2) is 0 Å². The average molecular weight is 313 g/mol. The topological polar surface area (TPSA) is 72.5 Å². The smallest absolute Gasteiger partial charge is 0.462 e. The first-order valence-electron chi connectivity index (χ1n) is 6.44. The maximum Gasteiger partial charge on any atom is 0.511 e. The molecule has 1 heterocycles. The van der Waals surface area contributed by atoms with Crippen molar-refractivity contribution in [3.8, 4) is 0 Å². The number of esters is 1. The Bertz CT molecular complexity index is 532. The Morgan fingerprint density at radius 1 is 1.25 bits per heavy atom. The Morgan fingerprint density at radius 3 is 2.60 bits per heavy atom. The number of nitrogens with one attached hydrogen (secondary N) is 1. The first-order valence-corrected chi connectivity index (χ1v) is 7.93. The van der Waals surface area contributed by atoms with Gasteiger partial charge in [0.25, 0.3) is 0 Å². The second kappa shape index (κ2) is 4.33. The molecule has 1 saturated heterocycles. The highest BCUT2D eigenvalue weighted by molar-refractivity contribution is 7.90. The van der Waals surface area contributed by atoms with Crippen molar-refractivity contribution in [1.82, 2.24) is 4.72 Å². The Hall–Kier alpha value is -0.830. The molecule has 114 valence electrons. The number of hydrogen-bond acceptors (Lipinski definition) is 4. The summed E-state index contributed by atoms with van der Waals surface area (Å²) in [5, 5.41) is 0. The lowest BCUT2D eigenvalue weighted by Crippen LogP contribution is -2.47. The van der Waals surface area contributed by atoms with Crippen LogP contribution < -0.4 is 4.72 Å². The SMILES string of the molecule is O=C1CC2CC3CC2C(O1)C3CNS(=O)(=O)C(F)(F)F. The van der Waals surface area contributed by atoms with Gasteiger partial charge in [-0.25, -0.2) is 13.1 Å². The fourth-order valence-electron chi connectivity index (χ4n) is 3.93. The molecule has 0 amide bonds. The van der Waals surface area contributed by atoms with Crippen molar-refractivity contribution in [3.63, 3.8) is 0 Å². The van der Waals surface area contributed by atoms with Gasteiger partial charge in [0.05, 0.1) is 0 Å². The largest absolute Gasteiger partial charge is 0.511 e. The standard InChI is InChI=1S/C11H14F3NO4S/c12-11(13,14)20(17,18)15-4-8-5-1-6-3-9(16)19-10(8)7(6)2-5/h5-8,10,15H,1-4H2. The summed E-state index contributed by atoms with van der Waals surface area (Å²) in [6.07, 6.45) is 1.52. The summed E-state index contributed by atoms with van der Waals surface area (Å²) in [6, 6.07) is 0. The minimum atomic E-state index is -5.33. The predicted molar refractivity (Wildman–Crippen MR) is 60.7 cm³/mol. The quantitative estimate of drug-likeness (QED) is 0.790. The molecule has 0 aromatic carbocycles. The second-order valence-electron chi connectivity index (χ2n) is 5.78. The van der Waals surface area contributed by atoms with E-state index in [1.54, 1.807) is 4.72 Å². The first-order chi connectivity index (χ1) is 9.19. The number of alkyl halides is 3. The number of fused-ring (bicyclic) bond motifs is 1. The lowest BCUT2D eigenvalue weighted by atomic mass is 9.77. The maximum absolute atomic E-state index is 12.3. The van der Waals surface area contributed by atoms with Crippen LogP contribution in [0.25, 0.3) is 0 Å². The number of rotatable bonds is 3. The van der Waals surface area contributed by atoms with Gasteiger partial charge in [-0.15, -0.1) is 0 Å². The lowest BCUT2D eigenvalue weighted by molar-refractivity contribution is -0.167. The molecule has 20 heavy (non-hydrogen) atoms. The minimum absolute atomic E-state index is 0.138. The van der Waals surface area contributed by atoms with E-state index < -0.39 is 21.6 Å². The number of halogens is 3. The van der Waals surface area contributed by atoms with Crippen LogP contribution in [0, 0.1) is 23.7 Å². The number of hydrogen-bond donors (Lipinski definition) is 1. The van der Waals surface area contributed by atoms with E-state index >= 15 is 0 Å². The Morgan fingerprint density at radius 2 is 1.95 bits per heavy atom. The van der Waals surface area contributed by atoms with Crippen molar-refractivity contribution < 1.29 is 31.1 Å². The highest BCUT2D eigenvalue weighted by Gasteiger charge is 2.57. The fraction of sp³-hybridized carbons (Fsp3) is 0.909. The van der Waals surface area contributed by atoms with Crippen LogP contribution in [0.2, 0.25) is 0 Å². The number of carbonyl (C=O) groups is 1. The van der Waals surface area contributed by atoms with Crippen LogP contribution in [0.5, 0.6) is 0 Å². The summed E-state index contributed by atoms with van der Waals surface area (Å²) in [4.78, 5) is 11.4. The van der Waals surface area contributed by atoms with E-state index in [1.807, 2.05) is 0 Å². The van der Waals surface area contributed by atoms with E-state index in [-0.39, 0.29) is 36.2 Å². The molecule has 2 bridgehead atoms. The zero-order valence-corrected chi connectivity index (χ0v) is 11.2. The van der Waals surface area contributed by atoms with Crippen LogP contribution in [0.4, 0.5) is 13.2 Å². The zero-order valence-electron chi connectivity index (χ0n) is 10.4. The molecular formula is C11H14F3NO4S. The molecule has 0 spiro atoms. The van der Waals surface area contributed by atoms with Gasteiger partial charge in [-0.05, 0) is 30.6 Å². The van der Waals surface area contributed by atoms with Crippen LogP contribution in [-0.4, -0.2) is 32.5 Å². The molecule has 2 saturated carbocycles. The summed E-state index contributed by atoms with van der Waals surface area (Å²) >= 11 is 0. The third-order valence-corrected chi connectivity index (χ3v) is 5.90. The van der Waals surface area contributed by atoms with E-state index in [0.717, 1.165) is 12.8 Å². The molecule has 5 unspecified atom stereocenters. The van der Waals surface area contributed by atoms with Crippen molar-refractivity contribution in [2.24, 2.45) is 23.7 Å². The second-order valence-corrected chi connectivity index (χ2v) is 7.53. The van der Waals surface area contributed by atoms with Crippen molar-refractivity contribution in [2.45, 2.75) is 30.9 Å². The Labute approximate surface area is 113 Å². The molecule has 0 radical (unpaired) electrons. The van der Waals surface area contributed by atoms with E-state index in [4.69, 9.17) is 4.74 Å². The number of sulfonamides is 1. The third kappa shape index (κ3) is 2.11. The van der Waals surface area contributed by atoms with Gasteiger partial charge in [0, 0.05) is 18.9 Å². The normalized spacial score (nSPS) is 40.0. The zero-order chi connectivity index (χ0) is 14.7. The van der Waals surface area contributed by atoms with Gasteiger partial charge >= 0.3 is 21.5 Å². The summed E-state index contributed by atoms with van der Waals surface area (Å²) in [5.41, 5.74) is -5.31. The van der Waals surface area contributed by atoms with Crippen LogP contribution in [-0.2, 0) is 19.6 Å². The van der Waals surface area contributed by atoms with Gasteiger partial charge in [-0.1, -0.05) is 0 Å². The fourth-order valence-corrected chi connectivity index (χ4v) is 4.51. The molecule has 3 fully saturated rings. The van der Waals surface area contributed by atoms with E-state index in [9.17, 15) is 26.4 Å². The molecule has 2 aliphatic carbocycles. The van der Waals surface area contributed by atoms with Crippen molar-refractivity contribution in [3.05, 3.63) is 0 Å². The van der Waals surface area contributed by atoms with Gasteiger partial charge in [-0.3, -0.25) is 4.79 Å². The summed E-state index contributed by atoms with van der Waals surface area (Å²) < 4.78 is 65.7. The number of carbonyl (C=O) groups excluding carboxylic acids is 1. The van der Waals surface area contributed by atoms with Crippen molar-refractivity contribution in [2.75, 3.05) is 6.54 Å². The monoisotopic (exact) mass is 313 g/mol. The van der Waals surface area contributed by atoms with Crippen LogP contribution in [0.3, 0.4) is 0 Å². The van der Waals surface area contributed by atoms with Crippen molar-refractivity contribution >= 4 is 16.0 Å². The van der Waals surface area contributed by atoms with Gasteiger partial charge in [0.2, 0.25) is 0 Å².